The van der Waals surface area contributed by atoms with Crippen molar-refractivity contribution in [2.45, 2.75) is 26.2 Å². The molecule has 0 saturated carbocycles. The van der Waals surface area contributed by atoms with E-state index in [1.54, 1.807) is 0 Å². The second-order valence-corrected chi connectivity index (χ2v) is 3.69. The Kier molecular flexibility index (Phi) is 7.26. The van der Waals surface area contributed by atoms with Crippen molar-refractivity contribution in [2.75, 3.05) is 12.0 Å². The normalized spacial score (nSPS) is 13.0. The number of allylic oxidation sites excluding steroid dienone is 1. The second kappa shape index (κ2) is 7.20. The van der Waals surface area contributed by atoms with Crippen molar-refractivity contribution in [3.8, 4) is 0 Å². The molecule has 0 aliphatic carbocycles. The van der Waals surface area contributed by atoms with Gasteiger partial charge in [0.1, 0.15) is 0 Å². The van der Waals surface area contributed by atoms with Crippen molar-refractivity contribution in [1.82, 2.24) is 0 Å². The van der Waals surface area contributed by atoms with Crippen molar-refractivity contribution in [3.05, 3.63) is 12.7 Å². The van der Waals surface area contributed by atoms with E-state index in [2.05, 4.69) is 19.8 Å². The fourth-order valence-electron chi connectivity index (χ4n) is 0.831. The van der Waals surface area contributed by atoms with Gasteiger partial charge in [-0.2, -0.15) is 11.8 Å². The molecule has 0 radical (unpaired) electrons. The predicted molar refractivity (Wildman–Crippen MR) is 51.6 cm³/mol. The van der Waals surface area contributed by atoms with Crippen LogP contribution in [0.15, 0.2) is 12.7 Å². The number of hydrogen-bond donors (Lipinski definition) is 0. The van der Waals surface area contributed by atoms with Crippen LogP contribution in [0, 0.1) is 5.92 Å². The van der Waals surface area contributed by atoms with E-state index in [-0.39, 0.29) is 0 Å². The van der Waals surface area contributed by atoms with Gasteiger partial charge in [-0.25, -0.2) is 0 Å². The summed E-state index contributed by atoms with van der Waals surface area (Å²) in [6.07, 6.45) is 8.23. The van der Waals surface area contributed by atoms with E-state index >= 15 is 0 Å². The molecule has 0 heterocycles. The molecule has 0 nitrogen and oxygen atoms in total. The molecule has 0 bridgehead atoms. The number of rotatable bonds is 6. The van der Waals surface area contributed by atoms with Gasteiger partial charge in [-0.1, -0.05) is 19.4 Å². The molecule has 0 fully saturated rings. The number of unbranched alkanes of at least 4 members (excludes halogenated alkanes) is 1. The molecule has 0 aromatic heterocycles. The van der Waals surface area contributed by atoms with E-state index in [1.807, 2.05) is 17.8 Å². The van der Waals surface area contributed by atoms with E-state index in [0.29, 0.717) is 5.92 Å². The van der Waals surface area contributed by atoms with Gasteiger partial charge in [-0.05, 0) is 30.8 Å². The molecular weight excluding hydrogens is 140 g/mol. The van der Waals surface area contributed by atoms with E-state index in [0.717, 1.165) is 0 Å². The monoisotopic (exact) mass is 158 g/mol. The summed E-state index contributed by atoms with van der Waals surface area (Å²) in [6, 6.07) is 0. The molecule has 0 aromatic rings. The summed E-state index contributed by atoms with van der Waals surface area (Å²) in [5, 5.41) is 0. The van der Waals surface area contributed by atoms with Crippen molar-refractivity contribution in [2.24, 2.45) is 5.92 Å². The van der Waals surface area contributed by atoms with E-state index < -0.39 is 0 Å². The highest BCUT2D eigenvalue weighted by molar-refractivity contribution is 7.98. The maximum absolute atomic E-state index is 3.75. The Morgan fingerprint density at radius 3 is 2.70 bits per heavy atom. The van der Waals surface area contributed by atoms with Gasteiger partial charge in [0, 0.05) is 0 Å². The Morgan fingerprint density at radius 2 is 2.20 bits per heavy atom. The van der Waals surface area contributed by atoms with Crippen LogP contribution in [0.3, 0.4) is 0 Å². The lowest BCUT2D eigenvalue weighted by molar-refractivity contribution is 0.602. The van der Waals surface area contributed by atoms with E-state index in [4.69, 9.17) is 0 Å². The number of thioether (sulfide) groups is 1. The Hall–Kier alpha value is 0.0900. The molecule has 1 heteroatoms. The van der Waals surface area contributed by atoms with Crippen molar-refractivity contribution < 1.29 is 0 Å². The summed E-state index contributed by atoms with van der Waals surface area (Å²) in [4.78, 5) is 0. The van der Waals surface area contributed by atoms with Gasteiger partial charge in [0.15, 0.2) is 0 Å². The van der Waals surface area contributed by atoms with Crippen LogP contribution in [0.1, 0.15) is 26.2 Å². The maximum atomic E-state index is 3.75. The summed E-state index contributed by atoms with van der Waals surface area (Å²) in [5.41, 5.74) is 0. The van der Waals surface area contributed by atoms with Crippen molar-refractivity contribution in [3.63, 3.8) is 0 Å². The highest BCUT2D eigenvalue weighted by atomic mass is 32.2. The van der Waals surface area contributed by atoms with E-state index in [1.165, 1.54) is 25.0 Å². The van der Waals surface area contributed by atoms with Crippen LogP contribution in [0.2, 0.25) is 0 Å². The van der Waals surface area contributed by atoms with Crippen LogP contribution in [0.25, 0.3) is 0 Å². The molecule has 0 aromatic carbocycles. The maximum Gasteiger partial charge on any atom is -0.00703 e. The summed E-state index contributed by atoms with van der Waals surface area (Å²) in [5.74, 6) is 2.02. The van der Waals surface area contributed by atoms with Crippen LogP contribution < -0.4 is 0 Å². The largest absolute Gasteiger partial charge is 0.165 e. The van der Waals surface area contributed by atoms with Crippen LogP contribution in [-0.2, 0) is 0 Å². The zero-order chi connectivity index (χ0) is 7.82. The van der Waals surface area contributed by atoms with Crippen LogP contribution in [-0.4, -0.2) is 12.0 Å². The van der Waals surface area contributed by atoms with Gasteiger partial charge in [-0.15, -0.1) is 6.58 Å². The minimum Gasteiger partial charge on any atom is -0.165 e. The summed E-state index contributed by atoms with van der Waals surface area (Å²) < 4.78 is 0. The highest BCUT2D eigenvalue weighted by Gasteiger charge is 1.94. The van der Waals surface area contributed by atoms with Crippen molar-refractivity contribution in [1.29, 1.82) is 0 Å². The first-order valence-corrected chi connectivity index (χ1v) is 5.32. The van der Waals surface area contributed by atoms with Crippen molar-refractivity contribution >= 4 is 11.8 Å². The molecule has 0 aliphatic heterocycles. The van der Waals surface area contributed by atoms with Gasteiger partial charge in [-0.3, -0.25) is 0 Å². The molecule has 60 valence electrons. The van der Waals surface area contributed by atoms with Crippen LogP contribution in [0.4, 0.5) is 0 Å². The molecular formula is C9H18S. The van der Waals surface area contributed by atoms with Gasteiger partial charge < -0.3 is 0 Å². The quantitative estimate of drug-likeness (QED) is 0.422. The molecule has 1 atom stereocenters. The lowest BCUT2D eigenvalue weighted by Crippen LogP contribution is -1.89. The minimum absolute atomic E-state index is 0.710. The minimum atomic E-state index is 0.710. The smallest absolute Gasteiger partial charge is 0.00703 e. The van der Waals surface area contributed by atoms with E-state index in [9.17, 15) is 0 Å². The second-order valence-electron chi connectivity index (χ2n) is 2.70. The fourth-order valence-corrected chi connectivity index (χ4v) is 1.32. The third-order valence-electron chi connectivity index (χ3n) is 1.66. The molecule has 0 rings (SSSR count). The Labute approximate surface area is 69.1 Å². The van der Waals surface area contributed by atoms with Gasteiger partial charge in [0.25, 0.3) is 0 Å². The van der Waals surface area contributed by atoms with Crippen LogP contribution in [0.5, 0.6) is 0 Å². The lowest BCUT2D eigenvalue weighted by Gasteiger charge is -2.03. The SMILES string of the molecule is C=CC(C)CCCCSC. The first-order chi connectivity index (χ1) is 4.81. The summed E-state index contributed by atoms with van der Waals surface area (Å²) in [7, 11) is 0. The summed E-state index contributed by atoms with van der Waals surface area (Å²) >= 11 is 1.94. The zero-order valence-electron chi connectivity index (χ0n) is 7.10. The molecule has 0 saturated heterocycles. The highest BCUT2D eigenvalue weighted by Crippen LogP contribution is 2.09. The third kappa shape index (κ3) is 6.21. The topological polar surface area (TPSA) is 0 Å². The number of hydrogen-bond acceptors (Lipinski definition) is 1. The van der Waals surface area contributed by atoms with Gasteiger partial charge >= 0.3 is 0 Å². The Balaban J connectivity index is 2.95. The molecule has 0 N–H and O–H groups in total. The predicted octanol–water partition coefficient (Wildman–Crippen LogP) is 3.34. The molecule has 10 heavy (non-hydrogen) atoms. The Bertz CT molecular complexity index is 78.8. The van der Waals surface area contributed by atoms with Crippen LogP contribution >= 0.6 is 11.8 Å². The lowest BCUT2D eigenvalue weighted by atomic mass is 10.1. The first kappa shape index (κ1) is 10.1. The molecule has 0 amide bonds. The molecule has 1 unspecified atom stereocenters. The molecule has 0 spiro atoms. The average molecular weight is 158 g/mol. The fraction of sp³-hybridized carbons (Fsp3) is 0.778. The standard InChI is InChI=1S/C9H18S/c1-4-9(2)7-5-6-8-10-3/h4,9H,1,5-8H2,2-3H3. The first-order valence-electron chi connectivity index (χ1n) is 3.92. The van der Waals surface area contributed by atoms with Gasteiger partial charge in [0.05, 0.1) is 0 Å². The zero-order valence-corrected chi connectivity index (χ0v) is 7.91. The Morgan fingerprint density at radius 1 is 1.50 bits per heavy atom. The molecule has 0 aliphatic rings. The average Bonchev–Trinajstić information content (AvgIpc) is 1.98. The third-order valence-corrected chi connectivity index (χ3v) is 2.36. The summed E-state index contributed by atoms with van der Waals surface area (Å²) in [6.45, 7) is 5.98. The van der Waals surface area contributed by atoms with Gasteiger partial charge in [0.2, 0.25) is 0 Å².